The second kappa shape index (κ2) is 8.10. The molecule has 146 valence electrons. The zero-order valence-electron chi connectivity index (χ0n) is 15.0. The van der Waals surface area contributed by atoms with Crippen LogP contribution in [0.4, 0.5) is 4.39 Å². The van der Waals surface area contributed by atoms with E-state index in [9.17, 15) is 14.0 Å². The quantitative estimate of drug-likeness (QED) is 0.832. The molecule has 28 heavy (non-hydrogen) atoms. The van der Waals surface area contributed by atoms with Crippen LogP contribution in [0.2, 0.25) is 0 Å². The number of rotatable bonds is 5. The Labute approximate surface area is 166 Å². The summed E-state index contributed by atoms with van der Waals surface area (Å²) in [7, 11) is 0. The first-order chi connectivity index (χ1) is 13.6. The Morgan fingerprint density at radius 3 is 2.68 bits per heavy atom. The van der Waals surface area contributed by atoms with Gasteiger partial charge in [-0.15, -0.1) is 11.8 Å². The summed E-state index contributed by atoms with van der Waals surface area (Å²) in [5.74, 6) is 1.00. The number of carbonyl (C=O) groups excluding carboxylic acids is 2. The summed E-state index contributed by atoms with van der Waals surface area (Å²) in [6.45, 7) is 1.25. The molecule has 1 atom stereocenters. The van der Waals surface area contributed by atoms with Crippen LogP contribution >= 0.6 is 11.8 Å². The molecular weight excluding hydrogens is 383 g/mol. The molecule has 4 rings (SSSR count). The number of hydrogen-bond donors (Lipinski definition) is 1. The molecule has 2 amide bonds. The Bertz CT molecular complexity index is 890. The lowest BCUT2D eigenvalue weighted by molar-refractivity contribution is -0.133. The summed E-state index contributed by atoms with van der Waals surface area (Å²) < 4.78 is 24.1. The monoisotopic (exact) mass is 402 g/mol. The molecule has 6 nitrogen and oxygen atoms in total. The zero-order valence-corrected chi connectivity index (χ0v) is 15.8. The Morgan fingerprint density at radius 1 is 1.14 bits per heavy atom. The van der Waals surface area contributed by atoms with Crippen LogP contribution in [0.1, 0.15) is 16.5 Å². The van der Waals surface area contributed by atoms with E-state index in [1.54, 1.807) is 17.0 Å². The number of fused-ring (bicyclic) bond motifs is 1. The number of nitrogens with zero attached hydrogens (tertiary/aromatic N) is 1. The Balaban J connectivity index is 1.41. The molecule has 0 spiro atoms. The summed E-state index contributed by atoms with van der Waals surface area (Å²) in [5.41, 5.74) is 1.69. The van der Waals surface area contributed by atoms with Crippen LogP contribution in [0.25, 0.3) is 0 Å². The topological polar surface area (TPSA) is 67.9 Å². The Hall–Kier alpha value is -2.74. The highest BCUT2D eigenvalue weighted by molar-refractivity contribution is 8.00. The first-order valence-electron chi connectivity index (χ1n) is 8.92. The number of halogens is 1. The minimum atomic E-state index is -0.322. The average molecular weight is 402 g/mol. The standard InChI is InChI=1S/C20H19FN2O4S/c21-15-4-1-13(2-5-15)10-22-18(24)11-23-19(25)12-28-20(23)14-3-6-16-17(9-14)27-8-7-26-16/h1-6,9,20H,7-8,10-12H2,(H,22,24). The van der Waals surface area contributed by atoms with Crippen LogP contribution in [-0.2, 0) is 16.1 Å². The first-order valence-corrected chi connectivity index (χ1v) is 9.97. The lowest BCUT2D eigenvalue weighted by Crippen LogP contribution is -2.39. The number of hydrogen-bond acceptors (Lipinski definition) is 5. The highest BCUT2D eigenvalue weighted by Gasteiger charge is 2.34. The van der Waals surface area contributed by atoms with Gasteiger partial charge in [-0.05, 0) is 35.4 Å². The molecule has 0 aromatic heterocycles. The summed E-state index contributed by atoms with van der Waals surface area (Å²) >= 11 is 1.48. The van der Waals surface area contributed by atoms with Crippen LogP contribution in [-0.4, -0.2) is 42.2 Å². The predicted molar refractivity (Wildman–Crippen MR) is 103 cm³/mol. The molecule has 2 aliphatic rings. The van der Waals surface area contributed by atoms with Crippen LogP contribution in [0.5, 0.6) is 11.5 Å². The van der Waals surface area contributed by atoms with Crippen molar-refractivity contribution in [1.29, 1.82) is 0 Å². The van der Waals surface area contributed by atoms with Crippen molar-refractivity contribution in [2.75, 3.05) is 25.5 Å². The minimum absolute atomic E-state index is 0.0356. The smallest absolute Gasteiger partial charge is 0.239 e. The molecule has 2 aromatic carbocycles. The highest BCUT2D eigenvalue weighted by Crippen LogP contribution is 2.41. The van der Waals surface area contributed by atoms with E-state index in [2.05, 4.69) is 5.32 Å². The van der Waals surface area contributed by atoms with E-state index in [1.807, 2.05) is 18.2 Å². The zero-order chi connectivity index (χ0) is 19.5. The van der Waals surface area contributed by atoms with Gasteiger partial charge in [0.25, 0.3) is 0 Å². The second-order valence-corrected chi connectivity index (χ2v) is 7.56. The van der Waals surface area contributed by atoms with Crippen LogP contribution in [0.15, 0.2) is 42.5 Å². The van der Waals surface area contributed by atoms with Crippen LogP contribution < -0.4 is 14.8 Å². The van der Waals surface area contributed by atoms with E-state index in [1.165, 1.54) is 23.9 Å². The normalized spacial score (nSPS) is 18.2. The van der Waals surface area contributed by atoms with Crippen molar-refractivity contribution in [3.63, 3.8) is 0 Å². The van der Waals surface area contributed by atoms with Gasteiger partial charge in [-0.1, -0.05) is 18.2 Å². The Morgan fingerprint density at radius 2 is 1.89 bits per heavy atom. The van der Waals surface area contributed by atoms with Gasteiger partial charge in [0.2, 0.25) is 11.8 Å². The molecule has 1 saturated heterocycles. The van der Waals surface area contributed by atoms with Gasteiger partial charge < -0.3 is 19.7 Å². The SMILES string of the molecule is O=C(CN1C(=O)CSC1c1ccc2c(c1)OCCO2)NCc1ccc(F)cc1. The van der Waals surface area contributed by atoms with Gasteiger partial charge >= 0.3 is 0 Å². The lowest BCUT2D eigenvalue weighted by atomic mass is 10.1. The largest absolute Gasteiger partial charge is 0.486 e. The molecule has 8 heteroatoms. The van der Waals surface area contributed by atoms with Gasteiger partial charge in [-0.3, -0.25) is 9.59 Å². The fourth-order valence-corrected chi connectivity index (χ4v) is 4.31. The van der Waals surface area contributed by atoms with Gasteiger partial charge in [-0.25, -0.2) is 4.39 Å². The van der Waals surface area contributed by atoms with E-state index in [0.29, 0.717) is 30.5 Å². The van der Waals surface area contributed by atoms with Crippen molar-refractivity contribution in [1.82, 2.24) is 10.2 Å². The van der Waals surface area contributed by atoms with E-state index < -0.39 is 0 Å². The summed E-state index contributed by atoms with van der Waals surface area (Å²) in [4.78, 5) is 26.2. The Kier molecular flexibility index (Phi) is 5.38. The van der Waals surface area contributed by atoms with Crippen molar-refractivity contribution >= 4 is 23.6 Å². The van der Waals surface area contributed by atoms with E-state index >= 15 is 0 Å². The fourth-order valence-electron chi connectivity index (χ4n) is 3.13. The maximum Gasteiger partial charge on any atom is 0.239 e. The number of benzene rings is 2. The van der Waals surface area contributed by atoms with Gasteiger partial charge in [0.1, 0.15) is 30.9 Å². The van der Waals surface area contributed by atoms with E-state index in [4.69, 9.17) is 9.47 Å². The maximum absolute atomic E-state index is 13.0. The van der Waals surface area contributed by atoms with Crippen molar-refractivity contribution in [3.05, 3.63) is 59.4 Å². The number of nitrogens with one attached hydrogen (secondary N) is 1. The maximum atomic E-state index is 13.0. The molecule has 0 radical (unpaired) electrons. The molecule has 2 aromatic rings. The summed E-state index contributed by atoms with van der Waals surface area (Å²) in [6, 6.07) is 11.5. The molecule has 1 fully saturated rings. The van der Waals surface area contributed by atoms with Crippen LogP contribution in [0.3, 0.4) is 0 Å². The third kappa shape index (κ3) is 4.06. The number of thioether (sulfide) groups is 1. The fraction of sp³-hybridized carbons (Fsp3) is 0.300. The summed E-state index contributed by atoms with van der Waals surface area (Å²) in [6.07, 6.45) is 0. The third-order valence-electron chi connectivity index (χ3n) is 4.54. The lowest BCUT2D eigenvalue weighted by Gasteiger charge is -2.25. The second-order valence-electron chi connectivity index (χ2n) is 6.49. The molecule has 2 heterocycles. The van der Waals surface area contributed by atoms with Crippen molar-refractivity contribution in [2.24, 2.45) is 0 Å². The van der Waals surface area contributed by atoms with E-state index in [0.717, 1.165) is 11.1 Å². The third-order valence-corrected chi connectivity index (χ3v) is 5.79. The molecule has 1 N–H and O–H groups in total. The van der Waals surface area contributed by atoms with Crippen LogP contribution in [0, 0.1) is 5.82 Å². The molecule has 1 unspecified atom stereocenters. The minimum Gasteiger partial charge on any atom is -0.486 e. The molecule has 0 saturated carbocycles. The van der Waals surface area contributed by atoms with Gasteiger partial charge in [0.05, 0.1) is 5.75 Å². The van der Waals surface area contributed by atoms with E-state index in [-0.39, 0.29) is 36.1 Å². The van der Waals surface area contributed by atoms with Crippen molar-refractivity contribution in [3.8, 4) is 11.5 Å². The average Bonchev–Trinajstić information content (AvgIpc) is 3.07. The number of carbonyl (C=O) groups is 2. The molecule has 0 bridgehead atoms. The number of amides is 2. The highest BCUT2D eigenvalue weighted by atomic mass is 32.2. The molecular formula is C20H19FN2O4S. The van der Waals surface area contributed by atoms with Gasteiger partial charge in [0, 0.05) is 6.54 Å². The predicted octanol–water partition coefficient (Wildman–Crippen LogP) is 2.49. The molecule has 2 aliphatic heterocycles. The first kappa shape index (κ1) is 18.6. The van der Waals surface area contributed by atoms with Crippen molar-refractivity contribution < 1.29 is 23.5 Å². The molecule has 0 aliphatic carbocycles. The summed E-state index contributed by atoms with van der Waals surface area (Å²) in [5, 5.41) is 2.53. The van der Waals surface area contributed by atoms with Gasteiger partial charge in [-0.2, -0.15) is 0 Å². The van der Waals surface area contributed by atoms with Crippen molar-refractivity contribution in [2.45, 2.75) is 11.9 Å². The van der Waals surface area contributed by atoms with Gasteiger partial charge in [0.15, 0.2) is 11.5 Å². The number of ether oxygens (including phenoxy) is 2.